The topological polar surface area (TPSA) is 85.2 Å². The number of methoxy groups -OCH3 is 2. The van der Waals surface area contributed by atoms with Gasteiger partial charge in [0.2, 0.25) is 0 Å². The van der Waals surface area contributed by atoms with Crippen LogP contribution in [-0.4, -0.2) is 49.7 Å². The maximum atomic E-state index is 14.6. The van der Waals surface area contributed by atoms with Crippen LogP contribution in [0, 0.1) is 5.82 Å². The van der Waals surface area contributed by atoms with E-state index in [0.29, 0.717) is 11.3 Å². The van der Waals surface area contributed by atoms with Gasteiger partial charge >= 0.3 is 5.97 Å². The molecule has 0 radical (unpaired) electrons. The Morgan fingerprint density at radius 2 is 2.00 bits per heavy atom. The van der Waals surface area contributed by atoms with E-state index in [1.54, 1.807) is 0 Å². The van der Waals surface area contributed by atoms with Crippen molar-refractivity contribution >= 4 is 27.4 Å². The van der Waals surface area contributed by atoms with Crippen LogP contribution in [0.15, 0.2) is 12.1 Å². The van der Waals surface area contributed by atoms with Crippen molar-refractivity contribution in [1.82, 2.24) is 0 Å². The second-order valence-corrected chi connectivity index (χ2v) is 6.72. The van der Waals surface area contributed by atoms with Gasteiger partial charge in [-0.15, -0.1) is 11.3 Å². The lowest BCUT2D eigenvalue weighted by Crippen LogP contribution is -2.31. The van der Waals surface area contributed by atoms with E-state index in [1.807, 2.05) is 0 Å². The van der Waals surface area contributed by atoms with Crippen LogP contribution in [0.1, 0.15) is 17.7 Å². The molecule has 10 heteroatoms. The minimum atomic E-state index is -3.56. The summed E-state index contributed by atoms with van der Waals surface area (Å²) in [7, 11) is 2.53. The second-order valence-electron chi connectivity index (χ2n) is 5.63. The lowest BCUT2D eigenvalue weighted by Gasteiger charge is -2.20. The predicted octanol–water partition coefficient (Wildman–Crippen LogP) is 3.39. The number of carboxylic acids is 1. The lowest BCUT2D eigenvalue weighted by molar-refractivity contribution is -0.158. The molecule has 0 aliphatic heterocycles. The Hall–Kier alpha value is -2.04. The zero-order valence-electron chi connectivity index (χ0n) is 14.6. The van der Waals surface area contributed by atoms with Gasteiger partial charge in [0.1, 0.15) is 0 Å². The molecule has 0 saturated carbocycles. The van der Waals surface area contributed by atoms with Gasteiger partial charge in [0, 0.05) is 29.4 Å². The van der Waals surface area contributed by atoms with Gasteiger partial charge in [-0.1, -0.05) is 0 Å². The molecule has 1 aromatic carbocycles. The van der Waals surface area contributed by atoms with Gasteiger partial charge in [0.05, 0.1) is 25.5 Å². The van der Waals surface area contributed by atoms with Crippen LogP contribution in [0.25, 0.3) is 10.1 Å². The van der Waals surface area contributed by atoms with Gasteiger partial charge in [-0.2, -0.15) is 0 Å². The molecule has 6 nitrogen and oxygen atoms in total. The minimum Gasteiger partial charge on any atom is -0.493 e. The average molecular weight is 408 g/mol. The monoisotopic (exact) mass is 408 g/mol. The van der Waals surface area contributed by atoms with E-state index in [0.717, 1.165) is 6.07 Å². The van der Waals surface area contributed by atoms with Crippen molar-refractivity contribution in [2.24, 2.45) is 0 Å². The van der Waals surface area contributed by atoms with E-state index in [9.17, 15) is 18.0 Å². The molecule has 27 heavy (non-hydrogen) atoms. The Balaban J connectivity index is 2.35. The number of ether oxygens (including phenoxy) is 3. The summed E-state index contributed by atoms with van der Waals surface area (Å²) >= 11 is 0.635. The Labute approximate surface area is 157 Å². The highest BCUT2D eigenvalue weighted by molar-refractivity contribution is 7.19. The number of alkyl halides is 2. The van der Waals surface area contributed by atoms with E-state index in [4.69, 9.17) is 24.4 Å². The van der Waals surface area contributed by atoms with Gasteiger partial charge in [0.15, 0.2) is 23.4 Å². The predicted molar refractivity (Wildman–Crippen MR) is 92.5 cm³/mol. The second kappa shape index (κ2) is 8.77. The van der Waals surface area contributed by atoms with E-state index >= 15 is 0 Å². The Bertz CT molecular complexity index is 808. The third-order valence-electron chi connectivity index (χ3n) is 3.81. The molecule has 0 fully saturated rings. The third-order valence-corrected chi connectivity index (χ3v) is 5.00. The summed E-state index contributed by atoms with van der Waals surface area (Å²) in [5.74, 6) is -6.07. The van der Waals surface area contributed by atoms with Crippen molar-refractivity contribution in [1.29, 1.82) is 0 Å². The highest BCUT2D eigenvalue weighted by Crippen LogP contribution is 2.45. The molecule has 150 valence electrons. The first-order chi connectivity index (χ1) is 12.7. The summed E-state index contributed by atoms with van der Waals surface area (Å²) in [4.78, 5) is 10.7. The number of fused-ring (bicyclic) bond motifs is 1. The van der Waals surface area contributed by atoms with Crippen LogP contribution in [0.2, 0.25) is 0 Å². The fourth-order valence-corrected chi connectivity index (χ4v) is 3.53. The molecule has 1 atom stereocenters. The number of thiophene rings is 1. The van der Waals surface area contributed by atoms with Crippen molar-refractivity contribution in [3.8, 4) is 11.5 Å². The molecule has 2 aromatic rings. The molecule has 1 heterocycles. The number of hydrogen-bond acceptors (Lipinski definition) is 6. The van der Waals surface area contributed by atoms with Crippen molar-refractivity contribution in [3.05, 3.63) is 22.8 Å². The van der Waals surface area contributed by atoms with Gasteiger partial charge in [-0.05, 0) is 12.5 Å². The van der Waals surface area contributed by atoms with E-state index in [1.165, 1.54) is 20.3 Å². The summed E-state index contributed by atoms with van der Waals surface area (Å²) in [6.45, 7) is -0.416. The number of halogens is 3. The summed E-state index contributed by atoms with van der Waals surface area (Å²) in [6.07, 6.45) is -2.75. The number of aliphatic hydroxyl groups excluding tert-OH is 1. The first-order valence-corrected chi connectivity index (χ1v) is 8.74. The molecule has 0 aliphatic rings. The smallest absolute Gasteiger partial charge is 0.333 e. The zero-order valence-corrected chi connectivity index (χ0v) is 15.4. The number of aliphatic carboxylic acids is 1. The van der Waals surface area contributed by atoms with Crippen molar-refractivity contribution in [3.63, 3.8) is 0 Å². The summed E-state index contributed by atoms with van der Waals surface area (Å²) < 4.78 is 58.9. The first kappa shape index (κ1) is 21.3. The van der Waals surface area contributed by atoms with Crippen LogP contribution in [-0.2, 0) is 15.5 Å². The Kier molecular flexibility index (Phi) is 6.90. The van der Waals surface area contributed by atoms with Crippen molar-refractivity contribution in [2.75, 3.05) is 27.4 Å². The number of carboxylic acid groups (broad SMARTS) is 1. The van der Waals surface area contributed by atoms with Crippen LogP contribution in [0.5, 0.6) is 11.5 Å². The van der Waals surface area contributed by atoms with E-state index in [2.05, 4.69) is 0 Å². The molecule has 1 aromatic heterocycles. The summed E-state index contributed by atoms with van der Waals surface area (Å²) in [5.41, 5.74) is 0. The normalized spacial score (nSPS) is 13.0. The first-order valence-electron chi connectivity index (χ1n) is 7.92. The molecular formula is C17H19F3O6S. The Morgan fingerprint density at radius 3 is 2.56 bits per heavy atom. The molecule has 0 amide bonds. The SMILES string of the molecule is COc1cc2sc(C(F)(F)C[C@H](OCCCO)C(=O)O)cc2c(F)c1OC. The molecule has 0 saturated heterocycles. The number of hydrogen-bond donors (Lipinski definition) is 2. The summed E-state index contributed by atoms with van der Waals surface area (Å²) in [6, 6.07) is 2.36. The molecule has 2 rings (SSSR count). The average Bonchev–Trinajstić information content (AvgIpc) is 3.06. The minimum absolute atomic E-state index is 0.0648. The van der Waals surface area contributed by atoms with Gasteiger partial charge in [0.25, 0.3) is 5.92 Å². The number of benzene rings is 1. The van der Waals surface area contributed by atoms with Crippen molar-refractivity contribution in [2.45, 2.75) is 24.9 Å². The molecular weight excluding hydrogens is 389 g/mol. The highest BCUT2D eigenvalue weighted by Gasteiger charge is 2.40. The van der Waals surface area contributed by atoms with Crippen LogP contribution in [0.4, 0.5) is 13.2 Å². The van der Waals surface area contributed by atoms with Gasteiger partial charge < -0.3 is 24.4 Å². The Morgan fingerprint density at radius 1 is 1.30 bits per heavy atom. The molecule has 0 aliphatic carbocycles. The maximum Gasteiger partial charge on any atom is 0.333 e. The highest BCUT2D eigenvalue weighted by atomic mass is 32.1. The fourth-order valence-electron chi connectivity index (χ4n) is 2.46. The number of aliphatic hydroxyl groups is 1. The molecule has 0 bridgehead atoms. The number of rotatable bonds is 10. The van der Waals surface area contributed by atoms with Crippen LogP contribution >= 0.6 is 11.3 Å². The summed E-state index contributed by atoms with van der Waals surface area (Å²) in [5, 5.41) is 17.7. The van der Waals surface area contributed by atoms with Crippen molar-refractivity contribution < 1.29 is 42.4 Å². The largest absolute Gasteiger partial charge is 0.493 e. The van der Waals surface area contributed by atoms with E-state index < -0.39 is 35.1 Å². The maximum absolute atomic E-state index is 14.6. The fraction of sp³-hybridized carbons (Fsp3) is 0.471. The standard InChI is InChI=1S/C17H19F3O6S/c1-24-10-7-12-9(14(18)15(10)25-2)6-13(27-12)17(19,20)8-11(16(22)23)26-5-3-4-21/h6-7,11,21H,3-5,8H2,1-2H3,(H,22,23)/t11-/m0/s1. The molecule has 0 unspecified atom stereocenters. The van der Waals surface area contributed by atoms with Crippen LogP contribution in [0.3, 0.4) is 0 Å². The van der Waals surface area contributed by atoms with E-state index in [-0.39, 0.29) is 41.2 Å². The molecule has 2 N–H and O–H groups in total. The molecule has 0 spiro atoms. The van der Waals surface area contributed by atoms with Crippen LogP contribution < -0.4 is 9.47 Å². The lowest BCUT2D eigenvalue weighted by atomic mass is 10.1. The number of carbonyl (C=O) groups is 1. The van der Waals surface area contributed by atoms with Gasteiger partial charge in [-0.25, -0.2) is 18.0 Å². The van der Waals surface area contributed by atoms with Gasteiger partial charge in [-0.3, -0.25) is 0 Å². The zero-order chi connectivity index (χ0) is 20.2. The quantitative estimate of drug-likeness (QED) is 0.587. The third kappa shape index (κ3) is 4.63.